The van der Waals surface area contributed by atoms with E-state index in [-0.39, 0.29) is 40.5 Å². The van der Waals surface area contributed by atoms with Crippen molar-refractivity contribution in [1.82, 2.24) is 20.3 Å². The number of aromatic hydroxyl groups is 2. The summed E-state index contributed by atoms with van der Waals surface area (Å²) in [4.78, 5) is 29.9. The van der Waals surface area contributed by atoms with E-state index in [9.17, 15) is 19.8 Å². The van der Waals surface area contributed by atoms with Crippen molar-refractivity contribution in [3.8, 4) is 17.2 Å². The lowest BCUT2D eigenvalue weighted by molar-refractivity contribution is 0.0951. The van der Waals surface area contributed by atoms with Crippen LogP contribution in [0.15, 0.2) is 36.4 Å². The first-order valence-corrected chi connectivity index (χ1v) is 12.2. The van der Waals surface area contributed by atoms with Crippen molar-refractivity contribution >= 4 is 23.3 Å². The smallest absolute Gasteiger partial charge is 0.275 e. The van der Waals surface area contributed by atoms with Gasteiger partial charge >= 0.3 is 0 Å². The summed E-state index contributed by atoms with van der Waals surface area (Å²) < 4.78 is 6.65. The molecule has 37 heavy (non-hydrogen) atoms. The number of amides is 2. The largest absolute Gasteiger partial charge is 0.508 e. The average molecular weight is 509 g/mol. The zero-order valence-electron chi connectivity index (χ0n) is 21.4. The molecule has 1 aliphatic heterocycles. The summed E-state index contributed by atoms with van der Waals surface area (Å²) in [5.41, 5.74) is 2.09. The van der Waals surface area contributed by atoms with Crippen LogP contribution in [-0.2, 0) is 4.74 Å². The van der Waals surface area contributed by atoms with Crippen LogP contribution < -0.4 is 15.1 Å². The molecule has 1 aliphatic rings. The highest BCUT2D eigenvalue weighted by molar-refractivity contribution is 6.09. The summed E-state index contributed by atoms with van der Waals surface area (Å²) in [6.07, 6.45) is 0. The van der Waals surface area contributed by atoms with Gasteiger partial charge in [-0.1, -0.05) is 19.1 Å². The number of nitrogens with one attached hydrogen (secondary N) is 1. The molecule has 0 unspecified atom stereocenters. The number of phenols is 2. The van der Waals surface area contributed by atoms with Crippen molar-refractivity contribution in [2.45, 2.75) is 26.7 Å². The van der Waals surface area contributed by atoms with Crippen LogP contribution in [0.25, 0.3) is 5.69 Å². The van der Waals surface area contributed by atoms with Crippen LogP contribution in [0.2, 0.25) is 0 Å². The number of rotatable bonds is 7. The Morgan fingerprint density at radius 2 is 1.78 bits per heavy atom. The van der Waals surface area contributed by atoms with E-state index in [0.717, 1.165) is 18.8 Å². The van der Waals surface area contributed by atoms with Crippen molar-refractivity contribution < 1.29 is 24.5 Å². The Bertz CT molecular complexity index is 1280. The van der Waals surface area contributed by atoms with E-state index in [0.29, 0.717) is 30.9 Å². The van der Waals surface area contributed by atoms with Gasteiger partial charge in [0.2, 0.25) is 0 Å². The van der Waals surface area contributed by atoms with Crippen molar-refractivity contribution in [1.29, 1.82) is 0 Å². The predicted molar refractivity (Wildman–Crippen MR) is 139 cm³/mol. The summed E-state index contributed by atoms with van der Waals surface area (Å²) in [6.45, 7) is 8.80. The number of morpholine rings is 1. The quantitative estimate of drug-likeness (QED) is 0.444. The first kappa shape index (κ1) is 26.0. The van der Waals surface area contributed by atoms with Crippen LogP contribution in [0.1, 0.15) is 53.1 Å². The van der Waals surface area contributed by atoms with E-state index in [4.69, 9.17) is 4.74 Å². The fourth-order valence-electron chi connectivity index (χ4n) is 4.27. The fraction of sp³-hybridized carbons (Fsp3) is 0.385. The summed E-state index contributed by atoms with van der Waals surface area (Å²) in [5.74, 6) is -1.20. The van der Waals surface area contributed by atoms with Crippen LogP contribution >= 0.6 is 0 Å². The Labute approximate surface area is 215 Å². The average Bonchev–Trinajstić information content (AvgIpc) is 3.33. The monoisotopic (exact) mass is 508 g/mol. The maximum absolute atomic E-state index is 13.6. The fourth-order valence-corrected chi connectivity index (χ4v) is 4.27. The second-order valence-electron chi connectivity index (χ2n) is 9.10. The number of phenolic OH excluding ortho intramolecular Hbond substituents is 2. The minimum absolute atomic E-state index is 0.0569. The molecule has 0 radical (unpaired) electrons. The molecular weight excluding hydrogens is 476 g/mol. The van der Waals surface area contributed by atoms with E-state index in [2.05, 4.69) is 20.5 Å². The van der Waals surface area contributed by atoms with Crippen molar-refractivity contribution in [2.75, 3.05) is 49.7 Å². The molecule has 0 spiro atoms. The standard InChI is InChI=1S/C26H32N6O5/c1-5-27-24(35)23-25(32(29-28-23)20-14-19(16(2)3)21(33)15-22(20)34)30(4)26(36)17-6-8-18(9-7-17)31-10-12-37-13-11-31/h6-9,14-16,33-34H,5,10-13H2,1-4H3,(H,27,35). The number of carbonyl (C=O) groups excluding carboxylic acids is 2. The molecule has 196 valence electrons. The van der Waals surface area contributed by atoms with Crippen LogP contribution in [-0.4, -0.2) is 76.9 Å². The van der Waals surface area contributed by atoms with Gasteiger partial charge in [0.15, 0.2) is 11.5 Å². The van der Waals surface area contributed by atoms with Gasteiger partial charge < -0.3 is 25.2 Å². The van der Waals surface area contributed by atoms with Crippen LogP contribution in [0, 0.1) is 0 Å². The minimum Gasteiger partial charge on any atom is -0.508 e. The Morgan fingerprint density at radius 1 is 1.11 bits per heavy atom. The maximum Gasteiger partial charge on any atom is 0.275 e. The van der Waals surface area contributed by atoms with E-state index >= 15 is 0 Å². The molecule has 2 amide bonds. The number of hydrogen-bond donors (Lipinski definition) is 3. The molecule has 11 nitrogen and oxygen atoms in total. The molecule has 0 saturated carbocycles. The zero-order chi connectivity index (χ0) is 26.7. The van der Waals surface area contributed by atoms with Gasteiger partial charge in [-0.2, -0.15) is 4.68 Å². The number of hydrogen-bond acceptors (Lipinski definition) is 8. The Morgan fingerprint density at radius 3 is 2.41 bits per heavy atom. The molecule has 1 saturated heterocycles. The Hall–Kier alpha value is -4.12. The molecule has 4 rings (SSSR count). The number of benzene rings is 2. The highest BCUT2D eigenvalue weighted by Crippen LogP contribution is 2.36. The lowest BCUT2D eigenvalue weighted by Crippen LogP contribution is -2.36. The first-order chi connectivity index (χ1) is 17.7. The summed E-state index contributed by atoms with van der Waals surface area (Å²) in [7, 11) is 1.52. The second kappa shape index (κ2) is 10.9. The molecule has 2 aromatic carbocycles. The predicted octanol–water partition coefficient (Wildman–Crippen LogP) is 2.66. The van der Waals surface area contributed by atoms with E-state index < -0.39 is 5.91 Å². The summed E-state index contributed by atoms with van der Waals surface area (Å²) in [6, 6.07) is 10.0. The second-order valence-corrected chi connectivity index (χ2v) is 9.10. The molecular formula is C26H32N6O5. The van der Waals surface area contributed by atoms with Gasteiger partial charge in [0.05, 0.1) is 13.2 Å². The molecule has 3 N–H and O–H groups in total. The third kappa shape index (κ3) is 5.21. The van der Waals surface area contributed by atoms with Gasteiger partial charge in [-0.05, 0) is 48.7 Å². The third-order valence-electron chi connectivity index (χ3n) is 6.29. The highest BCUT2D eigenvalue weighted by atomic mass is 16.5. The van der Waals surface area contributed by atoms with Crippen molar-refractivity contribution in [3.63, 3.8) is 0 Å². The molecule has 0 aliphatic carbocycles. The van der Waals surface area contributed by atoms with E-state index in [1.54, 1.807) is 25.1 Å². The van der Waals surface area contributed by atoms with E-state index in [1.165, 1.54) is 22.7 Å². The summed E-state index contributed by atoms with van der Waals surface area (Å²) >= 11 is 0. The minimum atomic E-state index is -0.506. The van der Waals surface area contributed by atoms with Gasteiger partial charge in [0.25, 0.3) is 11.8 Å². The normalized spacial score (nSPS) is 13.6. The van der Waals surface area contributed by atoms with Crippen molar-refractivity contribution in [3.05, 3.63) is 53.2 Å². The van der Waals surface area contributed by atoms with Crippen molar-refractivity contribution in [2.24, 2.45) is 0 Å². The number of carbonyl (C=O) groups is 2. The zero-order valence-corrected chi connectivity index (χ0v) is 21.4. The van der Waals surface area contributed by atoms with Crippen LogP contribution in [0.3, 0.4) is 0 Å². The SMILES string of the molecule is CCNC(=O)c1nnn(-c2cc(C(C)C)c(O)cc2O)c1N(C)C(=O)c1ccc(N2CCOCC2)cc1. The lowest BCUT2D eigenvalue weighted by atomic mass is 10.0. The van der Waals surface area contributed by atoms with Gasteiger partial charge in [-0.25, -0.2) is 0 Å². The molecule has 11 heteroatoms. The third-order valence-corrected chi connectivity index (χ3v) is 6.29. The van der Waals surface area contributed by atoms with Gasteiger partial charge in [-0.15, -0.1) is 5.10 Å². The molecule has 3 aromatic rings. The Kier molecular flexibility index (Phi) is 7.63. The number of ether oxygens (including phenoxy) is 1. The molecule has 1 aromatic heterocycles. The summed E-state index contributed by atoms with van der Waals surface area (Å²) in [5, 5.41) is 31.8. The van der Waals surface area contributed by atoms with Crippen LogP contribution in [0.4, 0.5) is 11.5 Å². The van der Waals surface area contributed by atoms with Crippen LogP contribution in [0.5, 0.6) is 11.5 Å². The highest BCUT2D eigenvalue weighted by Gasteiger charge is 2.29. The molecule has 0 bridgehead atoms. The van der Waals surface area contributed by atoms with Gasteiger partial charge in [-0.3, -0.25) is 14.5 Å². The topological polar surface area (TPSA) is 133 Å². The van der Waals surface area contributed by atoms with E-state index in [1.807, 2.05) is 26.0 Å². The first-order valence-electron chi connectivity index (χ1n) is 12.2. The number of anilines is 2. The molecule has 2 heterocycles. The lowest BCUT2D eigenvalue weighted by Gasteiger charge is -2.29. The maximum atomic E-state index is 13.6. The number of aromatic nitrogens is 3. The Balaban J connectivity index is 1.74. The van der Waals surface area contributed by atoms with Gasteiger partial charge in [0.1, 0.15) is 17.2 Å². The molecule has 0 atom stereocenters. The van der Waals surface area contributed by atoms with Gasteiger partial charge in [0, 0.05) is 44.0 Å². The number of nitrogens with zero attached hydrogens (tertiary/aromatic N) is 5. The molecule has 1 fully saturated rings.